The molecule has 1 amide bonds. The maximum Gasteiger partial charge on any atom is 0.239 e. The molecule has 19 heavy (non-hydrogen) atoms. The van der Waals surface area contributed by atoms with Crippen LogP contribution in [0.1, 0.15) is 6.42 Å². The molecule has 5 heteroatoms. The zero-order valence-electron chi connectivity index (χ0n) is 10.9. The van der Waals surface area contributed by atoms with Gasteiger partial charge in [-0.05, 0) is 30.7 Å². The molecule has 0 bridgehead atoms. The molecule has 4 nitrogen and oxygen atoms in total. The van der Waals surface area contributed by atoms with Gasteiger partial charge in [0.15, 0.2) is 0 Å². The fourth-order valence-corrected chi connectivity index (χ4v) is 2.14. The highest BCUT2D eigenvalue weighted by Gasteiger charge is 2.06. The number of nitrogens with zero attached hydrogens (tertiary/aromatic N) is 1. The number of rotatable bonds is 6. The van der Waals surface area contributed by atoms with E-state index < -0.39 is 0 Å². The van der Waals surface area contributed by atoms with Crippen LogP contribution in [0.5, 0.6) is 0 Å². The zero-order valence-corrected chi connectivity index (χ0v) is 11.6. The van der Waals surface area contributed by atoms with Crippen molar-refractivity contribution in [3.63, 3.8) is 0 Å². The van der Waals surface area contributed by atoms with Gasteiger partial charge in [-0.3, -0.25) is 4.79 Å². The van der Waals surface area contributed by atoms with Gasteiger partial charge in [-0.15, -0.1) is 0 Å². The van der Waals surface area contributed by atoms with E-state index in [4.69, 9.17) is 16.3 Å². The summed E-state index contributed by atoms with van der Waals surface area (Å²) in [5, 5.41) is 4.61. The molecule has 0 fully saturated rings. The van der Waals surface area contributed by atoms with Gasteiger partial charge in [-0.2, -0.15) is 0 Å². The molecule has 1 aromatic carbocycles. The van der Waals surface area contributed by atoms with Gasteiger partial charge in [0.25, 0.3) is 0 Å². The van der Waals surface area contributed by atoms with Crippen LogP contribution in [0.15, 0.2) is 30.5 Å². The summed E-state index contributed by atoms with van der Waals surface area (Å²) in [5.74, 6) is 0.00329. The Bertz CT molecular complexity index is 566. The van der Waals surface area contributed by atoms with Crippen molar-refractivity contribution in [1.29, 1.82) is 0 Å². The van der Waals surface area contributed by atoms with Crippen molar-refractivity contribution in [2.75, 3.05) is 20.3 Å². The second kappa shape index (κ2) is 6.59. The smallest absolute Gasteiger partial charge is 0.239 e. The lowest BCUT2D eigenvalue weighted by atomic mass is 10.2. The number of benzene rings is 1. The van der Waals surface area contributed by atoms with Crippen molar-refractivity contribution >= 4 is 28.4 Å². The van der Waals surface area contributed by atoms with Gasteiger partial charge < -0.3 is 14.6 Å². The highest BCUT2D eigenvalue weighted by molar-refractivity contribution is 6.31. The van der Waals surface area contributed by atoms with Crippen LogP contribution >= 0.6 is 11.6 Å². The maximum absolute atomic E-state index is 11.8. The predicted molar refractivity (Wildman–Crippen MR) is 76.5 cm³/mol. The first-order chi connectivity index (χ1) is 9.20. The van der Waals surface area contributed by atoms with Crippen LogP contribution in [0.3, 0.4) is 0 Å². The Kier molecular flexibility index (Phi) is 4.82. The summed E-state index contributed by atoms with van der Waals surface area (Å²) < 4.78 is 6.84. The Morgan fingerprint density at radius 1 is 1.42 bits per heavy atom. The maximum atomic E-state index is 11.8. The Balaban J connectivity index is 1.95. The zero-order chi connectivity index (χ0) is 13.7. The third kappa shape index (κ3) is 3.72. The third-order valence-corrected chi connectivity index (χ3v) is 3.13. The number of methoxy groups -OCH3 is 1. The number of fused-ring (bicyclic) bond motifs is 1. The van der Waals surface area contributed by atoms with Gasteiger partial charge in [0, 0.05) is 42.4 Å². The third-order valence-electron chi connectivity index (χ3n) is 2.89. The van der Waals surface area contributed by atoms with Crippen LogP contribution in [0.4, 0.5) is 0 Å². The summed E-state index contributed by atoms with van der Waals surface area (Å²) in [4.78, 5) is 11.8. The monoisotopic (exact) mass is 280 g/mol. The number of carbonyl (C=O) groups excluding carboxylic acids is 1. The number of halogens is 1. The predicted octanol–water partition coefficient (Wildman–Crippen LogP) is 2.45. The van der Waals surface area contributed by atoms with Crippen molar-refractivity contribution in [3.8, 4) is 0 Å². The van der Waals surface area contributed by atoms with Crippen LogP contribution in [-0.2, 0) is 16.1 Å². The fourth-order valence-electron chi connectivity index (χ4n) is 1.96. The lowest BCUT2D eigenvalue weighted by Crippen LogP contribution is -2.28. The van der Waals surface area contributed by atoms with Gasteiger partial charge in [0.2, 0.25) is 5.91 Å². The van der Waals surface area contributed by atoms with Gasteiger partial charge in [-0.25, -0.2) is 0 Å². The van der Waals surface area contributed by atoms with Crippen LogP contribution in [-0.4, -0.2) is 30.7 Å². The molecule has 0 aliphatic rings. The Hall–Kier alpha value is -1.52. The minimum atomic E-state index is 0.00329. The molecule has 1 N–H and O–H groups in total. The first kappa shape index (κ1) is 13.9. The molecular formula is C14H17ClN2O2. The van der Waals surface area contributed by atoms with Crippen LogP contribution in [0, 0.1) is 0 Å². The Labute approximate surface area is 117 Å². The van der Waals surface area contributed by atoms with E-state index in [1.807, 2.05) is 35.0 Å². The van der Waals surface area contributed by atoms with E-state index >= 15 is 0 Å². The van der Waals surface area contributed by atoms with E-state index in [0.717, 1.165) is 17.3 Å². The average Bonchev–Trinajstić information content (AvgIpc) is 2.77. The molecule has 0 radical (unpaired) electrons. The molecule has 0 saturated heterocycles. The first-order valence-electron chi connectivity index (χ1n) is 6.21. The summed E-state index contributed by atoms with van der Waals surface area (Å²) in [7, 11) is 1.65. The summed E-state index contributed by atoms with van der Waals surface area (Å²) in [6, 6.07) is 7.61. The van der Waals surface area contributed by atoms with E-state index in [1.54, 1.807) is 7.11 Å². The highest BCUT2D eigenvalue weighted by atomic mass is 35.5. The van der Waals surface area contributed by atoms with Crippen molar-refractivity contribution in [1.82, 2.24) is 9.88 Å². The SMILES string of the molecule is COCCCNC(=O)Cn1ccc2cc(Cl)ccc21. The molecule has 1 aromatic heterocycles. The van der Waals surface area contributed by atoms with E-state index in [2.05, 4.69) is 5.32 Å². The van der Waals surface area contributed by atoms with Crippen LogP contribution in [0.2, 0.25) is 5.02 Å². The topological polar surface area (TPSA) is 43.3 Å². The van der Waals surface area contributed by atoms with Gasteiger partial charge in [0.1, 0.15) is 6.54 Å². The van der Waals surface area contributed by atoms with Gasteiger partial charge in [0.05, 0.1) is 0 Å². The average molecular weight is 281 g/mol. The number of aromatic nitrogens is 1. The molecule has 2 aromatic rings. The van der Waals surface area contributed by atoms with Crippen molar-refractivity contribution in [3.05, 3.63) is 35.5 Å². The second-order valence-electron chi connectivity index (χ2n) is 4.34. The Morgan fingerprint density at radius 3 is 3.05 bits per heavy atom. The first-order valence-corrected chi connectivity index (χ1v) is 6.58. The van der Waals surface area contributed by atoms with E-state index in [-0.39, 0.29) is 5.91 Å². The second-order valence-corrected chi connectivity index (χ2v) is 4.78. The summed E-state index contributed by atoms with van der Waals surface area (Å²) >= 11 is 5.93. The number of amides is 1. The normalized spacial score (nSPS) is 10.8. The standard InChI is InChI=1S/C14H17ClN2O2/c1-19-8-2-6-16-14(18)10-17-7-5-11-9-12(15)3-4-13(11)17/h3-5,7,9H,2,6,8,10H2,1H3,(H,16,18). The number of ether oxygens (including phenoxy) is 1. The summed E-state index contributed by atoms with van der Waals surface area (Å²) in [6.07, 6.45) is 2.72. The number of hydrogen-bond donors (Lipinski definition) is 1. The largest absolute Gasteiger partial charge is 0.385 e. The van der Waals surface area contributed by atoms with Gasteiger partial charge in [-0.1, -0.05) is 11.6 Å². The fraction of sp³-hybridized carbons (Fsp3) is 0.357. The quantitative estimate of drug-likeness (QED) is 0.826. The molecule has 1 heterocycles. The molecule has 0 aliphatic heterocycles. The lowest BCUT2D eigenvalue weighted by molar-refractivity contribution is -0.121. The van der Waals surface area contributed by atoms with Crippen LogP contribution in [0.25, 0.3) is 10.9 Å². The van der Waals surface area contributed by atoms with E-state index in [1.165, 1.54) is 0 Å². The molecule has 102 valence electrons. The lowest BCUT2D eigenvalue weighted by Gasteiger charge is -2.07. The molecular weight excluding hydrogens is 264 g/mol. The summed E-state index contributed by atoms with van der Waals surface area (Å²) in [6.45, 7) is 1.61. The Morgan fingerprint density at radius 2 is 2.26 bits per heavy atom. The molecule has 0 unspecified atom stereocenters. The summed E-state index contributed by atoms with van der Waals surface area (Å²) in [5.41, 5.74) is 1.01. The van der Waals surface area contributed by atoms with Crippen molar-refractivity contribution in [2.24, 2.45) is 0 Å². The minimum Gasteiger partial charge on any atom is -0.385 e. The number of carbonyl (C=O) groups is 1. The van der Waals surface area contributed by atoms with Crippen LogP contribution < -0.4 is 5.32 Å². The molecule has 2 rings (SSSR count). The number of nitrogens with one attached hydrogen (secondary N) is 1. The van der Waals surface area contributed by atoms with E-state index in [0.29, 0.717) is 24.7 Å². The molecule has 0 atom stereocenters. The number of hydrogen-bond acceptors (Lipinski definition) is 2. The molecule has 0 spiro atoms. The molecule has 0 saturated carbocycles. The molecule has 0 aliphatic carbocycles. The van der Waals surface area contributed by atoms with E-state index in [9.17, 15) is 4.79 Å². The van der Waals surface area contributed by atoms with Crippen molar-refractivity contribution in [2.45, 2.75) is 13.0 Å². The minimum absolute atomic E-state index is 0.00329. The highest BCUT2D eigenvalue weighted by Crippen LogP contribution is 2.20. The van der Waals surface area contributed by atoms with Gasteiger partial charge >= 0.3 is 0 Å². The van der Waals surface area contributed by atoms with Crippen molar-refractivity contribution < 1.29 is 9.53 Å².